The van der Waals surface area contributed by atoms with Crippen LogP contribution in [0.25, 0.3) is 0 Å². The van der Waals surface area contributed by atoms with Crippen molar-refractivity contribution in [1.82, 2.24) is 4.90 Å². The minimum absolute atomic E-state index is 0.00338. The minimum Gasteiger partial charge on any atom is -0.435 e. The predicted molar refractivity (Wildman–Crippen MR) is 72.9 cm³/mol. The summed E-state index contributed by atoms with van der Waals surface area (Å²) in [5.41, 5.74) is 0.382. The molecule has 1 aromatic carbocycles. The minimum atomic E-state index is -0.691. The van der Waals surface area contributed by atoms with Crippen molar-refractivity contribution in [2.45, 2.75) is 25.7 Å². The second-order valence-corrected chi connectivity index (χ2v) is 6.13. The van der Waals surface area contributed by atoms with Gasteiger partial charge in [-0.2, -0.15) is 0 Å². The molecule has 3 saturated heterocycles. The standard InChI is InChI=1S/C16H17NO4/c1-10(11-5-3-2-4-6-11)17-9-16-7-13(21-15(16)19)20-8-12(16)14(17)18/h2-6,10,12-13H,7-9H2,1H3/t10-,12+,13?,16-/m1/s1. The molecule has 0 saturated carbocycles. The van der Waals surface area contributed by atoms with Gasteiger partial charge in [-0.1, -0.05) is 30.3 Å². The Hall–Kier alpha value is -1.88. The van der Waals surface area contributed by atoms with Crippen LogP contribution in [0.1, 0.15) is 24.9 Å². The van der Waals surface area contributed by atoms with Crippen LogP contribution in [0.5, 0.6) is 0 Å². The van der Waals surface area contributed by atoms with Gasteiger partial charge in [-0.15, -0.1) is 0 Å². The van der Waals surface area contributed by atoms with Crippen LogP contribution in [0.2, 0.25) is 0 Å². The lowest BCUT2D eigenvalue weighted by molar-refractivity contribution is -0.161. The van der Waals surface area contributed by atoms with E-state index in [4.69, 9.17) is 9.47 Å². The highest BCUT2D eigenvalue weighted by atomic mass is 16.7. The van der Waals surface area contributed by atoms with Gasteiger partial charge in [-0.25, -0.2) is 0 Å². The molecular weight excluding hydrogens is 270 g/mol. The van der Waals surface area contributed by atoms with Crippen molar-refractivity contribution < 1.29 is 19.1 Å². The van der Waals surface area contributed by atoms with Gasteiger partial charge in [0, 0.05) is 13.0 Å². The van der Waals surface area contributed by atoms with Crippen LogP contribution < -0.4 is 0 Å². The molecule has 3 aliphatic heterocycles. The molecule has 21 heavy (non-hydrogen) atoms. The number of amides is 1. The third-order valence-electron chi connectivity index (χ3n) is 5.07. The van der Waals surface area contributed by atoms with Gasteiger partial charge < -0.3 is 14.4 Å². The molecule has 0 aliphatic carbocycles. The predicted octanol–water partition coefficient (Wildman–Crippen LogP) is 1.50. The molecule has 5 nitrogen and oxygen atoms in total. The zero-order valence-corrected chi connectivity index (χ0v) is 11.8. The molecule has 5 heteroatoms. The summed E-state index contributed by atoms with van der Waals surface area (Å²) in [7, 11) is 0. The quantitative estimate of drug-likeness (QED) is 0.773. The number of nitrogens with zero attached hydrogens (tertiary/aromatic N) is 1. The first-order chi connectivity index (χ1) is 10.1. The summed E-state index contributed by atoms with van der Waals surface area (Å²) in [4.78, 5) is 26.8. The van der Waals surface area contributed by atoms with E-state index in [-0.39, 0.29) is 24.5 Å². The summed E-state index contributed by atoms with van der Waals surface area (Å²) in [5.74, 6) is -0.662. The fraction of sp³-hybridized carbons (Fsp3) is 0.500. The molecule has 4 rings (SSSR count). The van der Waals surface area contributed by atoms with Gasteiger partial charge >= 0.3 is 5.97 Å². The van der Waals surface area contributed by atoms with E-state index >= 15 is 0 Å². The number of carbonyl (C=O) groups is 2. The third kappa shape index (κ3) is 1.67. The van der Waals surface area contributed by atoms with Crippen molar-refractivity contribution in [3.63, 3.8) is 0 Å². The first-order valence-corrected chi connectivity index (χ1v) is 7.30. The molecule has 1 aromatic rings. The molecule has 2 bridgehead atoms. The van der Waals surface area contributed by atoms with Crippen LogP contribution in [0.15, 0.2) is 30.3 Å². The van der Waals surface area contributed by atoms with E-state index in [2.05, 4.69) is 0 Å². The van der Waals surface area contributed by atoms with Crippen LogP contribution >= 0.6 is 0 Å². The van der Waals surface area contributed by atoms with Crippen molar-refractivity contribution >= 4 is 11.9 Å². The van der Waals surface area contributed by atoms with Gasteiger partial charge in [0.05, 0.1) is 18.6 Å². The van der Waals surface area contributed by atoms with Crippen molar-refractivity contribution in [2.24, 2.45) is 11.3 Å². The average molecular weight is 287 g/mol. The lowest BCUT2D eigenvalue weighted by Gasteiger charge is -2.27. The number of carbonyl (C=O) groups excluding carboxylic acids is 2. The summed E-state index contributed by atoms with van der Waals surface area (Å²) in [5, 5.41) is 0. The van der Waals surface area contributed by atoms with E-state index in [9.17, 15) is 9.59 Å². The van der Waals surface area contributed by atoms with Crippen molar-refractivity contribution in [3.8, 4) is 0 Å². The molecule has 110 valence electrons. The van der Waals surface area contributed by atoms with Crippen molar-refractivity contribution in [2.75, 3.05) is 13.2 Å². The molecule has 3 heterocycles. The SMILES string of the molecule is C[C@H](c1ccccc1)N1C[C@]23CC(OC[C@H]2C1=O)OC3=O. The summed E-state index contributed by atoms with van der Waals surface area (Å²) < 4.78 is 10.7. The molecule has 1 amide bonds. The number of ether oxygens (including phenoxy) is 2. The lowest BCUT2D eigenvalue weighted by atomic mass is 9.75. The summed E-state index contributed by atoms with van der Waals surface area (Å²) >= 11 is 0. The van der Waals surface area contributed by atoms with Crippen LogP contribution in [0.3, 0.4) is 0 Å². The highest BCUT2D eigenvalue weighted by Crippen LogP contribution is 2.51. The fourth-order valence-corrected chi connectivity index (χ4v) is 3.77. The largest absolute Gasteiger partial charge is 0.435 e. The lowest BCUT2D eigenvalue weighted by Crippen LogP contribution is -2.40. The monoisotopic (exact) mass is 287 g/mol. The summed E-state index contributed by atoms with van der Waals surface area (Å²) in [6, 6.07) is 9.83. The van der Waals surface area contributed by atoms with Crippen molar-refractivity contribution in [1.29, 1.82) is 0 Å². The van der Waals surface area contributed by atoms with E-state index in [0.717, 1.165) is 5.56 Å². The molecule has 3 fully saturated rings. The second-order valence-electron chi connectivity index (χ2n) is 6.13. The second kappa shape index (κ2) is 4.31. The maximum atomic E-state index is 12.7. The fourth-order valence-electron chi connectivity index (χ4n) is 3.77. The molecular formula is C16H17NO4. The number of esters is 1. The van der Waals surface area contributed by atoms with E-state index in [1.807, 2.05) is 37.3 Å². The Morgan fingerprint density at radius 3 is 2.81 bits per heavy atom. The van der Waals surface area contributed by atoms with Gasteiger partial charge in [0.1, 0.15) is 5.41 Å². The summed E-state index contributed by atoms with van der Waals surface area (Å²) in [6.45, 7) is 2.72. The van der Waals surface area contributed by atoms with E-state index < -0.39 is 17.6 Å². The maximum Gasteiger partial charge on any atom is 0.317 e. The van der Waals surface area contributed by atoms with E-state index in [1.54, 1.807) is 4.90 Å². The van der Waals surface area contributed by atoms with Crippen LogP contribution in [0, 0.1) is 11.3 Å². The molecule has 0 radical (unpaired) electrons. The van der Waals surface area contributed by atoms with Crippen LogP contribution in [-0.2, 0) is 19.1 Å². The Balaban J connectivity index is 1.67. The molecule has 0 aromatic heterocycles. The number of hydrogen-bond acceptors (Lipinski definition) is 4. The molecule has 4 atom stereocenters. The maximum absolute atomic E-state index is 12.7. The zero-order chi connectivity index (χ0) is 14.6. The molecule has 0 N–H and O–H groups in total. The number of rotatable bonds is 2. The first-order valence-electron chi connectivity index (χ1n) is 7.30. The Kier molecular flexibility index (Phi) is 2.63. The van der Waals surface area contributed by atoms with Crippen LogP contribution in [0.4, 0.5) is 0 Å². The Labute approximate surface area is 122 Å². The smallest absolute Gasteiger partial charge is 0.317 e. The third-order valence-corrected chi connectivity index (χ3v) is 5.07. The zero-order valence-electron chi connectivity index (χ0n) is 11.8. The van der Waals surface area contributed by atoms with Gasteiger partial charge in [-0.05, 0) is 12.5 Å². The average Bonchev–Trinajstić information content (AvgIpc) is 2.94. The van der Waals surface area contributed by atoms with Gasteiger partial charge in [0.25, 0.3) is 0 Å². The normalized spacial score (nSPS) is 35.6. The molecule has 3 aliphatic rings. The molecule has 1 unspecified atom stereocenters. The first kappa shape index (κ1) is 12.8. The Morgan fingerprint density at radius 1 is 1.29 bits per heavy atom. The van der Waals surface area contributed by atoms with Gasteiger partial charge in [-0.3, -0.25) is 9.59 Å². The van der Waals surface area contributed by atoms with Crippen LogP contribution in [-0.4, -0.2) is 36.2 Å². The topological polar surface area (TPSA) is 55.8 Å². The number of likely N-dealkylation sites (tertiary alicyclic amines) is 1. The highest BCUT2D eigenvalue weighted by molar-refractivity contribution is 5.93. The highest BCUT2D eigenvalue weighted by Gasteiger charge is 2.66. The Morgan fingerprint density at radius 2 is 2.05 bits per heavy atom. The number of benzene rings is 1. The van der Waals surface area contributed by atoms with Gasteiger partial charge in [0.15, 0.2) is 0 Å². The van der Waals surface area contributed by atoms with E-state index in [1.165, 1.54) is 0 Å². The van der Waals surface area contributed by atoms with E-state index in [0.29, 0.717) is 13.0 Å². The number of hydrogen-bond donors (Lipinski definition) is 0. The van der Waals surface area contributed by atoms with Crippen molar-refractivity contribution in [3.05, 3.63) is 35.9 Å². The van der Waals surface area contributed by atoms with Gasteiger partial charge in [0.2, 0.25) is 12.2 Å². The number of fused-ring (bicyclic) bond motifs is 1. The Bertz CT molecular complexity index is 602. The summed E-state index contributed by atoms with van der Waals surface area (Å²) in [6.07, 6.45) is 0.0359. The molecule has 1 spiro atoms.